The van der Waals surface area contributed by atoms with Crippen molar-refractivity contribution in [3.63, 3.8) is 0 Å². The normalized spacial score (nSPS) is 19.7. The second-order valence-electron chi connectivity index (χ2n) is 4.02. The van der Waals surface area contributed by atoms with Crippen LogP contribution in [0.3, 0.4) is 0 Å². The fraction of sp³-hybridized carbons (Fsp3) is 0.385. The molecule has 1 aromatic carbocycles. The third kappa shape index (κ3) is 2.50. The molecule has 5 heteroatoms. The lowest BCUT2D eigenvalue weighted by Crippen LogP contribution is -2.48. The summed E-state index contributed by atoms with van der Waals surface area (Å²) >= 11 is 0. The van der Waals surface area contributed by atoms with E-state index in [0.29, 0.717) is 25.1 Å². The van der Waals surface area contributed by atoms with Crippen LogP contribution in [0.2, 0.25) is 0 Å². The van der Waals surface area contributed by atoms with Crippen LogP contribution < -0.4 is 4.90 Å². The quantitative estimate of drug-likeness (QED) is 0.850. The van der Waals surface area contributed by atoms with E-state index in [1.54, 1.807) is 29.2 Å². The summed E-state index contributed by atoms with van der Waals surface area (Å²) in [6.07, 6.45) is -0.259. The van der Waals surface area contributed by atoms with E-state index in [1.807, 2.05) is 6.07 Å². The maximum atomic E-state index is 12.1. The summed E-state index contributed by atoms with van der Waals surface area (Å²) < 4.78 is 5.32. The number of carbonyl (C=O) groups excluding carboxylic acids is 1. The van der Waals surface area contributed by atoms with E-state index in [4.69, 9.17) is 15.1 Å². The number of aliphatic hydroxyl groups excluding tert-OH is 1. The van der Waals surface area contributed by atoms with Crippen molar-refractivity contribution >= 4 is 11.6 Å². The summed E-state index contributed by atoms with van der Waals surface area (Å²) in [5.74, 6) is -0.139. The zero-order valence-electron chi connectivity index (χ0n) is 9.87. The molecule has 94 valence electrons. The van der Waals surface area contributed by atoms with Crippen molar-refractivity contribution in [2.75, 3.05) is 24.7 Å². The number of ether oxygens (including phenoxy) is 1. The summed E-state index contributed by atoms with van der Waals surface area (Å²) in [5.41, 5.74) is 1.32. The van der Waals surface area contributed by atoms with Crippen molar-refractivity contribution in [2.45, 2.75) is 12.5 Å². The molecule has 2 rings (SSSR count). The van der Waals surface area contributed by atoms with Crippen LogP contribution in [0.25, 0.3) is 0 Å². The van der Waals surface area contributed by atoms with Gasteiger partial charge in [-0.1, -0.05) is 0 Å². The molecule has 0 radical (unpaired) electrons. The Hall–Kier alpha value is -1.90. The summed E-state index contributed by atoms with van der Waals surface area (Å²) in [5, 5.41) is 17.6. The highest BCUT2D eigenvalue weighted by Gasteiger charge is 2.29. The van der Waals surface area contributed by atoms with Crippen LogP contribution in [0.1, 0.15) is 12.0 Å². The molecule has 1 amide bonds. The Kier molecular flexibility index (Phi) is 3.92. The standard InChI is InChI=1S/C13H14N2O3/c14-9-10-1-3-11(4-2-10)15-6-8-18-12(5-7-16)13(15)17/h1-4,12,16H,5-8H2. The lowest BCUT2D eigenvalue weighted by molar-refractivity contribution is -0.134. The second-order valence-corrected chi connectivity index (χ2v) is 4.02. The molecule has 0 bridgehead atoms. The molecule has 5 nitrogen and oxygen atoms in total. The third-order valence-corrected chi connectivity index (χ3v) is 2.87. The van der Waals surface area contributed by atoms with Crippen LogP contribution in [-0.4, -0.2) is 36.9 Å². The van der Waals surface area contributed by atoms with Gasteiger partial charge in [-0.3, -0.25) is 4.79 Å². The van der Waals surface area contributed by atoms with E-state index < -0.39 is 6.10 Å². The molecule has 0 saturated carbocycles. The molecule has 1 aromatic rings. The Morgan fingerprint density at radius 2 is 2.17 bits per heavy atom. The van der Waals surface area contributed by atoms with E-state index >= 15 is 0 Å². The fourth-order valence-electron chi connectivity index (χ4n) is 1.94. The molecule has 1 N–H and O–H groups in total. The van der Waals surface area contributed by atoms with Gasteiger partial charge in [0.05, 0.1) is 18.2 Å². The number of amides is 1. The molecule has 1 aliphatic heterocycles. The van der Waals surface area contributed by atoms with Crippen molar-refractivity contribution in [1.29, 1.82) is 5.26 Å². The molecule has 1 fully saturated rings. The molecular weight excluding hydrogens is 232 g/mol. The largest absolute Gasteiger partial charge is 0.396 e. The first-order valence-corrected chi connectivity index (χ1v) is 5.80. The van der Waals surface area contributed by atoms with Gasteiger partial charge in [-0.25, -0.2) is 0 Å². The van der Waals surface area contributed by atoms with Crippen LogP contribution in [0.15, 0.2) is 24.3 Å². The van der Waals surface area contributed by atoms with Gasteiger partial charge in [0.25, 0.3) is 5.91 Å². The first-order chi connectivity index (χ1) is 8.76. The SMILES string of the molecule is N#Cc1ccc(N2CCOC(CCO)C2=O)cc1. The molecule has 0 aliphatic carbocycles. The Morgan fingerprint density at radius 3 is 2.78 bits per heavy atom. The molecule has 0 aromatic heterocycles. The number of carbonyl (C=O) groups is 1. The molecule has 0 spiro atoms. The van der Waals surface area contributed by atoms with Crippen LogP contribution in [0.4, 0.5) is 5.69 Å². The highest BCUT2D eigenvalue weighted by atomic mass is 16.5. The van der Waals surface area contributed by atoms with E-state index in [2.05, 4.69) is 0 Å². The Bertz CT molecular complexity index is 462. The Morgan fingerprint density at radius 1 is 1.44 bits per heavy atom. The van der Waals surface area contributed by atoms with Gasteiger partial charge in [0.1, 0.15) is 6.10 Å². The van der Waals surface area contributed by atoms with Gasteiger partial charge in [-0.05, 0) is 24.3 Å². The molecular formula is C13H14N2O3. The van der Waals surface area contributed by atoms with Crippen molar-refractivity contribution in [1.82, 2.24) is 0 Å². The summed E-state index contributed by atoms with van der Waals surface area (Å²) in [4.78, 5) is 13.7. The number of anilines is 1. The minimum atomic E-state index is -0.570. The Balaban J connectivity index is 2.16. The van der Waals surface area contributed by atoms with Crippen molar-refractivity contribution in [3.05, 3.63) is 29.8 Å². The van der Waals surface area contributed by atoms with Gasteiger partial charge in [0, 0.05) is 25.3 Å². The van der Waals surface area contributed by atoms with Crippen LogP contribution in [0, 0.1) is 11.3 Å². The molecule has 18 heavy (non-hydrogen) atoms. The number of nitrogens with zero attached hydrogens (tertiary/aromatic N) is 2. The summed E-state index contributed by atoms with van der Waals surface area (Å²) in [6, 6.07) is 8.89. The molecule has 1 heterocycles. The predicted molar refractivity (Wildman–Crippen MR) is 65.0 cm³/mol. The number of benzene rings is 1. The van der Waals surface area contributed by atoms with Gasteiger partial charge >= 0.3 is 0 Å². The second kappa shape index (κ2) is 5.63. The number of morpholine rings is 1. The lowest BCUT2D eigenvalue weighted by atomic mass is 10.1. The average molecular weight is 246 g/mol. The predicted octanol–water partition coefficient (Wildman–Crippen LogP) is 0.672. The number of rotatable bonds is 3. The van der Waals surface area contributed by atoms with Gasteiger partial charge in [-0.15, -0.1) is 0 Å². The topological polar surface area (TPSA) is 73.6 Å². The average Bonchev–Trinajstić information content (AvgIpc) is 2.42. The summed E-state index contributed by atoms with van der Waals surface area (Å²) in [6.45, 7) is 0.876. The molecule has 1 saturated heterocycles. The zero-order valence-corrected chi connectivity index (χ0v) is 9.87. The van der Waals surface area contributed by atoms with E-state index in [1.165, 1.54) is 0 Å². The number of aliphatic hydroxyl groups is 1. The first-order valence-electron chi connectivity index (χ1n) is 5.80. The maximum Gasteiger partial charge on any atom is 0.256 e. The van der Waals surface area contributed by atoms with Gasteiger partial charge in [-0.2, -0.15) is 5.26 Å². The molecule has 1 atom stereocenters. The summed E-state index contributed by atoms with van der Waals surface area (Å²) in [7, 11) is 0. The first kappa shape index (κ1) is 12.6. The number of hydrogen-bond donors (Lipinski definition) is 1. The zero-order chi connectivity index (χ0) is 13.0. The minimum absolute atomic E-state index is 0.0718. The monoisotopic (exact) mass is 246 g/mol. The molecule has 1 aliphatic rings. The smallest absolute Gasteiger partial charge is 0.256 e. The van der Waals surface area contributed by atoms with Crippen LogP contribution in [0.5, 0.6) is 0 Å². The van der Waals surface area contributed by atoms with E-state index in [0.717, 1.165) is 5.69 Å². The number of hydrogen-bond acceptors (Lipinski definition) is 4. The number of nitriles is 1. The molecule has 1 unspecified atom stereocenters. The van der Waals surface area contributed by atoms with E-state index in [-0.39, 0.29) is 12.5 Å². The van der Waals surface area contributed by atoms with Crippen molar-refractivity contribution < 1.29 is 14.6 Å². The van der Waals surface area contributed by atoms with Crippen molar-refractivity contribution in [2.24, 2.45) is 0 Å². The fourth-order valence-corrected chi connectivity index (χ4v) is 1.94. The third-order valence-electron chi connectivity index (χ3n) is 2.87. The highest BCUT2D eigenvalue weighted by molar-refractivity contribution is 5.97. The van der Waals surface area contributed by atoms with Gasteiger partial charge in [0.15, 0.2) is 0 Å². The van der Waals surface area contributed by atoms with Crippen LogP contribution >= 0.6 is 0 Å². The minimum Gasteiger partial charge on any atom is -0.396 e. The highest BCUT2D eigenvalue weighted by Crippen LogP contribution is 2.20. The van der Waals surface area contributed by atoms with Crippen LogP contribution in [-0.2, 0) is 9.53 Å². The van der Waals surface area contributed by atoms with Crippen molar-refractivity contribution in [3.8, 4) is 6.07 Å². The van der Waals surface area contributed by atoms with Gasteiger partial charge < -0.3 is 14.7 Å². The Labute approximate surface area is 105 Å². The lowest BCUT2D eigenvalue weighted by Gasteiger charge is -2.32. The maximum absolute atomic E-state index is 12.1. The van der Waals surface area contributed by atoms with Gasteiger partial charge in [0.2, 0.25) is 0 Å². The van der Waals surface area contributed by atoms with E-state index in [9.17, 15) is 4.79 Å².